The van der Waals surface area contributed by atoms with Crippen molar-refractivity contribution < 1.29 is 17.0 Å². The lowest BCUT2D eigenvalue weighted by molar-refractivity contribution is -0.00000674. The minimum Gasteiger partial charge on any atom is -1.00 e. The summed E-state index contributed by atoms with van der Waals surface area (Å²) in [5, 5.41) is 14.6. The minimum atomic E-state index is -1.93. The Hall–Kier alpha value is -2.89. The molecule has 0 spiro atoms. The van der Waals surface area contributed by atoms with E-state index in [1.54, 1.807) is 0 Å². The van der Waals surface area contributed by atoms with Gasteiger partial charge in [-0.2, -0.15) is 5.26 Å². The number of aryl methyl sites for hydroxylation is 1. The Bertz CT molecular complexity index is 1450. The van der Waals surface area contributed by atoms with Crippen molar-refractivity contribution in [3.63, 3.8) is 0 Å². The van der Waals surface area contributed by atoms with Crippen LogP contribution >= 0.6 is 18.9 Å². The molecule has 4 aromatic carbocycles. The molecular weight excluding hydrogens is 535 g/mol. The van der Waals surface area contributed by atoms with Gasteiger partial charge in [-0.25, -0.2) is 0 Å². The van der Waals surface area contributed by atoms with E-state index in [2.05, 4.69) is 108 Å². The fourth-order valence-electron chi connectivity index (χ4n) is 4.83. The quantitative estimate of drug-likeness (QED) is 0.232. The molecule has 0 amide bonds. The third kappa shape index (κ3) is 4.55. The average molecular weight is 560 g/mol. The number of aromatic nitrogens is 1. The second-order valence-electron chi connectivity index (χ2n) is 8.45. The topological polar surface area (TPSA) is 28.7 Å². The Balaban J connectivity index is 0.00000289. The van der Waals surface area contributed by atoms with Crippen molar-refractivity contribution in [3.8, 4) is 17.3 Å². The van der Waals surface area contributed by atoms with E-state index in [4.69, 9.17) is 11.6 Å². The van der Waals surface area contributed by atoms with Crippen LogP contribution in [-0.4, -0.2) is 17.1 Å². The number of halogens is 2. The third-order valence-electron chi connectivity index (χ3n) is 6.55. The van der Waals surface area contributed by atoms with Crippen LogP contribution in [0.2, 0.25) is 0 Å². The van der Waals surface area contributed by atoms with E-state index in [9.17, 15) is 5.26 Å². The van der Waals surface area contributed by atoms with Gasteiger partial charge >= 0.3 is 0 Å². The summed E-state index contributed by atoms with van der Waals surface area (Å²) in [6.45, 7) is 3.09. The smallest absolute Gasteiger partial charge is 0.113 e. The predicted molar refractivity (Wildman–Crippen MR) is 147 cm³/mol. The van der Waals surface area contributed by atoms with Gasteiger partial charge in [0.1, 0.15) is 23.2 Å². The number of hydrogen-bond donors (Lipinski definition) is 0. The molecule has 2 nitrogen and oxygen atoms in total. The van der Waals surface area contributed by atoms with Crippen LogP contribution < -0.4 is 32.9 Å². The maximum atomic E-state index is 9.46. The highest BCUT2D eigenvalue weighted by Gasteiger charge is 2.42. The SMILES string of the molecule is C[P+](c1ccccc1)(c1ccccc1)c1ccccc1-c1cc2ccc(C#N)cc2n1CCCl.[Br-]. The average Bonchev–Trinajstić information content (AvgIpc) is 3.27. The molecule has 0 aliphatic rings. The van der Waals surface area contributed by atoms with E-state index in [0.717, 1.165) is 16.6 Å². The molecule has 0 aliphatic carbocycles. The number of benzene rings is 4. The van der Waals surface area contributed by atoms with E-state index in [-0.39, 0.29) is 17.0 Å². The molecule has 1 heterocycles. The van der Waals surface area contributed by atoms with Crippen LogP contribution in [0, 0.1) is 11.3 Å². The monoisotopic (exact) mass is 558 g/mol. The molecule has 0 radical (unpaired) electrons. The Labute approximate surface area is 222 Å². The zero-order valence-corrected chi connectivity index (χ0v) is 22.6. The van der Waals surface area contributed by atoms with Gasteiger partial charge < -0.3 is 21.5 Å². The zero-order valence-electron chi connectivity index (χ0n) is 19.4. The minimum absolute atomic E-state index is 0. The largest absolute Gasteiger partial charge is 1.00 e. The van der Waals surface area contributed by atoms with Crippen molar-refractivity contribution >= 4 is 45.7 Å². The summed E-state index contributed by atoms with van der Waals surface area (Å²) in [5.41, 5.74) is 4.06. The Morgan fingerprint density at radius 3 is 2.00 bits per heavy atom. The van der Waals surface area contributed by atoms with Crippen LogP contribution in [0.1, 0.15) is 5.56 Å². The van der Waals surface area contributed by atoms with Crippen molar-refractivity contribution in [1.29, 1.82) is 5.26 Å². The number of alkyl halides is 1. The molecule has 0 N–H and O–H groups in total. The lowest BCUT2D eigenvalue weighted by atomic mass is 10.1. The van der Waals surface area contributed by atoms with Crippen LogP contribution in [0.4, 0.5) is 0 Å². The number of nitrogens with zero attached hydrogens (tertiary/aromatic N) is 2. The fourth-order valence-corrected chi connectivity index (χ4v) is 8.45. The molecule has 5 aromatic rings. The molecule has 0 bridgehead atoms. The van der Waals surface area contributed by atoms with E-state index in [0.29, 0.717) is 18.0 Å². The van der Waals surface area contributed by atoms with Crippen LogP contribution in [0.25, 0.3) is 22.2 Å². The molecule has 0 atom stereocenters. The second-order valence-corrected chi connectivity index (χ2v) is 12.4. The number of fused-ring (bicyclic) bond motifs is 1. The zero-order chi connectivity index (χ0) is 23.5. The van der Waals surface area contributed by atoms with Gasteiger partial charge in [-0.15, -0.1) is 11.6 Å². The first-order valence-electron chi connectivity index (χ1n) is 11.3. The summed E-state index contributed by atoms with van der Waals surface area (Å²) in [6.07, 6.45) is 0. The maximum Gasteiger partial charge on any atom is 0.113 e. The van der Waals surface area contributed by atoms with Gasteiger partial charge in [0.2, 0.25) is 0 Å². The predicted octanol–water partition coefficient (Wildman–Crippen LogP) is 3.35. The highest BCUT2D eigenvalue weighted by molar-refractivity contribution is 7.95. The Kier molecular flexibility index (Phi) is 7.78. The molecule has 0 unspecified atom stereocenters. The van der Waals surface area contributed by atoms with Gasteiger partial charge in [0.15, 0.2) is 0 Å². The Morgan fingerprint density at radius 1 is 0.800 bits per heavy atom. The molecule has 0 saturated heterocycles. The number of rotatable bonds is 6. The lowest BCUT2D eigenvalue weighted by Crippen LogP contribution is -3.00. The molecule has 174 valence electrons. The van der Waals surface area contributed by atoms with Gasteiger partial charge in [0.05, 0.1) is 24.0 Å². The van der Waals surface area contributed by atoms with Gasteiger partial charge in [-0.3, -0.25) is 0 Å². The van der Waals surface area contributed by atoms with E-state index < -0.39 is 7.26 Å². The lowest BCUT2D eigenvalue weighted by Gasteiger charge is -2.25. The van der Waals surface area contributed by atoms with Crippen molar-refractivity contribution in [2.45, 2.75) is 6.54 Å². The first kappa shape index (κ1) is 25.2. The van der Waals surface area contributed by atoms with Crippen molar-refractivity contribution in [2.75, 3.05) is 12.5 Å². The van der Waals surface area contributed by atoms with E-state index in [1.165, 1.54) is 21.5 Å². The molecule has 0 fully saturated rings. The molecule has 5 heteroatoms. The van der Waals surface area contributed by atoms with Crippen LogP contribution in [0.3, 0.4) is 0 Å². The van der Waals surface area contributed by atoms with Crippen LogP contribution in [-0.2, 0) is 6.54 Å². The number of nitriles is 1. The van der Waals surface area contributed by atoms with Crippen molar-refractivity contribution in [1.82, 2.24) is 4.57 Å². The standard InChI is InChI=1S/C30H25ClN2P.BrH/c1-34(25-10-4-2-5-11-25,26-12-6-3-7-13-26)30-15-9-8-14-27(30)29-21-24-17-16-23(22-32)20-28(24)33(29)19-18-31;/h2-17,20-21H,18-19H2,1H3;1H/q+1;/p-1. The van der Waals surface area contributed by atoms with E-state index in [1.807, 2.05) is 18.2 Å². The first-order chi connectivity index (χ1) is 16.7. The van der Waals surface area contributed by atoms with Gasteiger partial charge in [-0.1, -0.05) is 54.6 Å². The molecular formula is C30H25BrClN2P. The summed E-state index contributed by atoms with van der Waals surface area (Å²) >= 11 is 6.27. The van der Waals surface area contributed by atoms with Gasteiger partial charge in [-0.05, 0) is 54.6 Å². The normalized spacial score (nSPS) is 11.1. The second kappa shape index (κ2) is 10.8. The molecule has 0 aliphatic heterocycles. The summed E-state index contributed by atoms with van der Waals surface area (Å²) < 4.78 is 2.27. The summed E-state index contributed by atoms with van der Waals surface area (Å²) in [7, 11) is -1.93. The summed E-state index contributed by atoms with van der Waals surface area (Å²) in [5.74, 6) is 0.500. The first-order valence-corrected chi connectivity index (χ1v) is 14.1. The third-order valence-corrected chi connectivity index (χ3v) is 10.7. The maximum absolute atomic E-state index is 9.46. The summed E-state index contributed by atoms with van der Waals surface area (Å²) in [4.78, 5) is 0. The number of hydrogen-bond acceptors (Lipinski definition) is 1. The van der Waals surface area contributed by atoms with Crippen molar-refractivity contribution in [3.05, 3.63) is 115 Å². The van der Waals surface area contributed by atoms with E-state index >= 15 is 0 Å². The van der Waals surface area contributed by atoms with Crippen LogP contribution in [0.5, 0.6) is 0 Å². The molecule has 5 rings (SSSR count). The molecule has 1 aromatic heterocycles. The van der Waals surface area contributed by atoms with Gasteiger partial charge in [0, 0.05) is 28.9 Å². The van der Waals surface area contributed by atoms with Crippen LogP contribution in [0.15, 0.2) is 109 Å². The van der Waals surface area contributed by atoms with Gasteiger partial charge in [0.25, 0.3) is 0 Å². The highest BCUT2D eigenvalue weighted by Crippen LogP contribution is 2.53. The summed E-state index contributed by atoms with van der Waals surface area (Å²) in [6, 6.07) is 40.9. The molecule has 35 heavy (non-hydrogen) atoms. The Morgan fingerprint density at radius 2 is 1.40 bits per heavy atom. The molecule has 0 saturated carbocycles. The van der Waals surface area contributed by atoms with Crippen molar-refractivity contribution in [2.24, 2.45) is 0 Å². The highest BCUT2D eigenvalue weighted by atomic mass is 79.9. The fraction of sp³-hybridized carbons (Fsp3) is 0.100.